The van der Waals surface area contributed by atoms with Crippen LogP contribution in [0.25, 0.3) is 6.08 Å². The van der Waals surface area contributed by atoms with E-state index in [0.29, 0.717) is 17.9 Å². The van der Waals surface area contributed by atoms with Crippen LogP contribution in [-0.2, 0) is 14.3 Å². The van der Waals surface area contributed by atoms with Crippen LogP contribution >= 0.6 is 23.4 Å². The van der Waals surface area contributed by atoms with Gasteiger partial charge in [0.05, 0.1) is 28.7 Å². The number of imide groups is 1. The molecule has 1 aliphatic rings. The maximum atomic E-state index is 12.8. The summed E-state index contributed by atoms with van der Waals surface area (Å²) >= 11 is 6.85. The molecule has 3 amide bonds. The van der Waals surface area contributed by atoms with Crippen molar-refractivity contribution in [2.24, 2.45) is 0 Å². The van der Waals surface area contributed by atoms with E-state index in [1.165, 1.54) is 18.2 Å². The first kappa shape index (κ1) is 26.3. The quantitative estimate of drug-likeness (QED) is 0.257. The average molecular weight is 517 g/mol. The summed E-state index contributed by atoms with van der Waals surface area (Å²) in [7, 11) is 0. The number of carbonyl (C=O) groups is 4. The number of unbranched alkanes of at least 4 members (excludes halogenated alkanes) is 1. The van der Waals surface area contributed by atoms with Crippen molar-refractivity contribution in [2.45, 2.75) is 26.7 Å². The maximum Gasteiger partial charge on any atom is 0.339 e. The Morgan fingerprint density at radius 3 is 2.66 bits per heavy atom. The number of rotatable bonds is 10. The van der Waals surface area contributed by atoms with E-state index >= 15 is 0 Å². The van der Waals surface area contributed by atoms with Gasteiger partial charge in [0.1, 0.15) is 12.3 Å². The topological polar surface area (TPSA) is 102 Å². The predicted octanol–water partition coefficient (Wildman–Crippen LogP) is 5.37. The van der Waals surface area contributed by atoms with Gasteiger partial charge in [-0.3, -0.25) is 19.3 Å². The molecule has 2 aromatic rings. The van der Waals surface area contributed by atoms with E-state index < -0.39 is 29.6 Å². The van der Waals surface area contributed by atoms with Crippen LogP contribution in [0.3, 0.4) is 0 Å². The number of hydrogen-bond donors (Lipinski definition) is 1. The summed E-state index contributed by atoms with van der Waals surface area (Å²) in [5, 5.41) is 2.22. The Morgan fingerprint density at radius 1 is 1.14 bits per heavy atom. The van der Waals surface area contributed by atoms with Crippen molar-refractivity contribution < 1.29 is 28.7 Å². The summed E-state index contributed by atoms with van der Waals surface area (Å²) in [6, 6.07) is 11.5. The number of ether oxygens (including phenoxy) is 2. The van der Waals surface area contributed by atoms with E-state index in [2.05, 4.69) is 5.32 Å². The second-order valence-electron chi connectivity index (χ2n) is 7.47. The number of benzene rings is 2. The fourth-order valence-electron chi connectivity index (χ4n) is 3.15. The molecule has 1 fully saturated rings. The Morgan fingerprint density at radius 2 is 1.91 bits per heavy atom. The van der Waals surface area contributed by atoms with Gasteiger partial charge in [-0.05, 0) is 55.4 Å². The molecule has 1 N–H and O–H groups in total. The molecule has 10 heteroatoms. The van der Waals surface area contributed by atoms with Crippen LogP contribution in [0.5, 0.6) is 5.75 Å². The number of carbonyl (C=O) groups excluding carboxylic acids is 4. The molecule has 1 saturated heterocycles. The summed E-state index contributed by atoms with van der Waals surface area (Å²) in [6.45, 7) is 4.07. The number of nitrogens with zero attached hydrogens (tertiary/aromatic N) is 1. The van der Waals surface area contributed by atoms with Crippen molar-refractivity contribution >= 4 is 58.1 Å². The van der Waals surface area contributed by atoms with Gasteiger partial charge in [0, 0.05) is 11.3 Å². The maximum absolute atomic E-state index is 12.8. The fourth-order valence-corrected chi connectivity index (χ4v) is 4.18. The van der Waals surface area contributed by atoms with Crippen molar-refractivity contribution in [3.8, 4) is 5.75 Å². The molecule has 3 rings (SSSR count). The molecule has 0 unspecified atom stereocenters. The third-order valence-corrected chi connectivity index (χ3v) is 6.12. The SMILES string of the molecule is CCCCOC(=O)c1cc(NC(=O)CN2C(=O)S/C(=C/c3ccccc3OCC)C2=O)ccc1Cl. The van der Waals surface area contributed by atoms with E-state index in [1.807, 2.05) is 19.9 Å². The molecule has 184 valence electrons. The largest absolute Gasteiger partial charge is 0.493 e. The lowest BCUT2D eigenvalue weighted by atomic mass is 10.2. The van der Waals surface area contributed by atoms with E-state index in [9.17, 15) is 19.2 Å². The fraction of sp³-hybridized carbons (Fsp3) is 0.280. The number of para-hydroxylation sites is 1. The number of anilines is 1. The van der Waals surface area contributed by atoms with Crippen LogP contribution < -0.4 is 10.1 Å². The van der Waals surface area contributed by atoms with Crippen LogP contribution in [0, 0.1) is 0 Å². The second-order valence-corrected chi connectivity index (χ2v) is 8.87. The van der Waals surface area contributed by atoms with Gasteiger partial charge in [0.25, 0.3) is 11.1 Å². The second kappa shape index (κ2) is 12.4. The molecule has 8 nitrogen and oxygen atoms in total. The van der Waals surface area contributed by atoms with Gasteiger partial charge >= 0.3 is 5.97 Å². The molecule has 1 aliphatic heterocycles. The summed E-state index contributed by atoms with van der Waals surface area (Å²) in [5.74, 6) is -1.18. The van der Waals surface area contributed by atoms with Gasteiger partial charge < -0.3 is 14.8 Å². The number of halogens is 1. The molecular formula is C25H25ClN2O6S. The van der Waals surface area contributed by atoms with Crippen molar-refractivity contribution in [3.63, 3.8) is 0 Å². The van der Waals surface area contributed by atoms with E-state index in [0.717, 1.165) is 29.5 Å². The van der Waals surface area contributed by atoms with Crippen molar-refractivity contribution in [3.05, 3.63) is 63.5 Å². The average Bonchev–Trinajstić information content (AvgIpc) is 3.09. The lowest BCUT2D eigenvalue weighted by molar-refractivity contribution is -0.127. The molecule has 0 aliphatic carbocycles. The zero-order valence-corrected chi connectivity index (χ0v) is 20.9. The first-order valence-electron chi connectivity index (χ1n) is 11.1. The van der Waals surface area contributed by atoms with E-state index in [4.69, 9.17) is 21.1 Å². The highest BCUT2D eigenvalue weighted by Crippen LogP contribution is 2.34. The monoisotopic (exact) mass is 516 g/mol. The first-order chi connectivity index (χ1) is 16.8. The van der Waals surface area contributed by atoms with Gasteiger partial charge in [-0.2, -0.15) is 0 Å². The lowest BCUT2D eigenvalue weighted by Gasteiger charge is -2.13. The first-order valence-corrected chi connectivity index (χ1v) is 12.3. The standard InChI is InChI=1S/C25H25ClN2O6S/c1-3-5-12-34-24(31)18-14-17(10-11-19(18)26)27-22(29)15-28-23(30)21(35-25(28)32)13-16-8-6-7-9-20(16)33-4-2/h6-11,13-14H,3-5,12,15H2,1-2H3,(H,27,29)/b21-13+. The highest BCUT2D eigenvalue weighted by atomic mass is 35.5. The normalized spacial score (nSPS) is 14.4. The summed E-state index contributed by atoms with van der Waals surface area (Å²) < 4.78 is 10.7. The Kier molecular flexibility index (Phi) is 9.33. The van der Waals surface area contributed by atoms with Crippen LogP contribution in [0.1, 0.15) is 42.6 Å². The Hall–Kier alpha value is -3.30. The molecule has 0 aromatic heterocycles. The predicted molar refractivity (Wildman–Crippen MR) is 136 cm³/mol. The molecular weight excluding hydrogens is 492 g/mol. The Balaban J connectivity index is 1.68. The van der Waals surface area contributed by atoms with E-state index in [-0.39, 0.29) is 27.8 Å². The minimum Gasteiger partial charge on any atom is -0.493 e. The Labute approximate surface area is 212 Å². The van der Waals surface area contributed by atoms with Crippen LogP contribution in [0.4, 0.5) is 10.5 Å². The lowest BCUT2D eigenvalue weighted by Crippen LogP contribution is -2.36. The van der Waals surface area contributed by atoms with Crippen molar-refractivity contribution in [1.82, 2.24) is 4.90 Å². The minimum absolute atomic E-state index is 0.114. The molecule has 0 bridgehead atoms. The third-order valence-electron chi connectivity index (χ3n) is 4.88. The summed E-state index contributed by atoms with van der Waals surface area (Å²) in [4.78, 5) is 51.1. The zero-order valence-electron chi connectivity index (χ0n) is 19.3. The molecule has 0 radical (unpaired) electrons. The molecule has 2 aromatic carbocycles. The number of esters is 1. The summed E-state index contributed by atoms with van der Waals surface area (Å²) in [6.07, 6.45) is 3.17. The molecule has 0 atom stereocenters. The van der Waals surface area contributed by atoms with Crippen molar-refractivity contribution in [1.29, 1.82) is 0 Å². The third kappa shape index (κ3) is 6.86. The summed E-state index contributed by atoms with van der Waals surface area (Å²) in [5.41, 5.74) is 1.06. The number of hydrogen-bond acceptors (Lipinski definition) is 7. The van der Waals surface area contributed by atoms with Gasteiger partial charge in [0.15, 0.2) is 0 Å². The van der Waals surface area contributed by atoms with Gasteiger partial charge in [-0.1, -0.05) is 43.1 Å². The number of thioether (sulfide) groups is 1. The van der Waals surface area contributed by atoms with E-state index in [1.54, 1.807) is 24.3 Å². The smallest absolute Gasteiger partial charge is 0.339 e. The molecule has 1 heterocycles. The van der Waals surface area contributed by atoms with Gasteiger partial charge in [0.2, 0.25) is 5.91 Å². The van der Waals surface area contributed by atoms with Crippen LogP contribution in [-0.4, -0.2) is 47.7 Å². The van der Waals surface area contributed by atoms with Crippen LogP contribution in [0.15, 0.2) is 47.4 Å². The molecule has 35 heavy (non-hydrogen) atoms. The van der Waals surface area contributed by atoms with Gasteiger partial charge in [-0.25, -0.2) is 4.79 Å². The number of nitrogens with one attached hydrogen (secondary N) is 1. The number of amides is 3. The van der Waals surface area contributed by atoms with Crippen molar-refractivity contribution in [2.75, 3.05) is 25.1 Å². The minimum atomic E-state index is -0.601. The highest BCUT2D eigenvalue weighted by Gasteiger charge is 2.36. The molecule has 0 spiro atoms. The van der Waals surface area contributed by atoms with Gasteiger partial charge in [-0.15, -0.1) is 0 Å². The zero-order chi connectivity index (χ0) is 25.4. The molecule has 0 saturated carbocycles. The Bertz CT molecular complexity index is 1170. The van der Waals surface area contributed by atoms with Crippen LogP contribution in [0.2, 0.25) is 5.02 Å². The highest BCUT2D eigenvalue weighted by molar-refractivity contribution is 8.18.